The largest absolute Gasteiger partial charge is 0.386 e. The maximum Gasteiger partial charge on any atom is 0.217 e. The number of carbonyl (C=O) groups is 1. The van der Waals surface area contributed by atoms with Crippen LogP contribution in [-0.4, -0.2) is 42.0 Å². The molecule has 0 saturated carbocycles. The van der Waals surface area contributed by atoms with Crippen molar-refractivity contribution in [2.45, 2.75) is 51.2 Å². The summed E-state index contributed by atoms with van der Waals surface area (Å²) in [4.78, 5) is 11.7. The Balaban J connectivity index is 1.59. The molecule has 6 heteroatoms. The molecule has 3 aromatic carbocycles. The summed E-state index contributed by atoms with van der Waals surface area (Å²) in [5, 5.41) is 13.9. The Kier molecular flexibility index (Phi) is 9.41. The van der Waals surface area contributed by atoms with Gasteiger partial charge in [-0.3, -0.25) is 4.79 Å². The van der Waals surface area contributed by atoms with Gasteiger partial charge in [0.2, 0.25) is 5.91 Å². The van der Waals surface area contributed by atoms with E-state index in [1.54, 1.807) is 6.08 Å². The summed E-state index contributed by atoms with van der Waals surface area (Å²) < 4.78 is 19.1. The van der Waals surface area contributed by atoms with Gasteiger partial charge in [-0.2, -0.15) is 0 Å². The van der Waals surface area contributed by atoms with Crippen molar-refractivity contribution in [1.82, 2.24) is 5.32 Å². The maximum atomic E-state index is 11.7. The highest BCUT2D eigenvalue weighted by Gasteiger charge is 2.42. The van der Waals surface area contributed by atoms with E-state index in [1.807, 2.05) is 91.0 Å². The van der Waals surface area contributed by atoms with Crippen LogP contribution in [0.4, 0.5) is 0 Å². The van der Waals surface area contributed by atoms with Gasteiger partial charge in [-0.15, -0.1) is 0 Å². The lowest BCUT2D eigenvalue weighted by Gasteiger charge is -2.40. The second-order valence-corrected chi connectivity index (χ2v) is 8.88. The van der Waals surface area contributed by atoms with Crippen molar-refractivity contribution in [1.29, 1.82) is 0 Å². The van der Waals surface area contributed by atoms with E-state index in [-0.39, 0.29) is 12.5 Å². The number of aliphatic hydroxyl groups is 1. The number of hydrogen-bond donors (Lipinski definition) is 2. The SMILES string of the molecule is CC(=O)NCC1=C[C@@H](O)[C@H](OCc2ccccc2)[C@@H](OCc2ccccc2)[C@@H]1OCc1ccccc1. The zero-order chi connectivity index (χ0) is 25.2. The van der Waals surface area contributed by atoms with Gasteiger partial charge in [0.25, 0.3) is 0 Å². The van der Waals surface area contributed by atoms with Crippen molar-refractivity contribution in [3.8, 4) is 0 Å². The summed E-state index contributed by atoms with van der Waals surface area (Å²) in [5.74, 6) is -0.156. The Morgan fingerprint density at radius 3 is 1.64 bits per heavy atom. The van der Waals surface area contributed by atoms with Crippen LogP contribution in [0.5, 0.6) is 0 Å². The molecule has 4 rings (SSSR count). The van der Waals surface area contributed by atoms with Crippen LogP contribution < -0.4 is 5.32 Å². The van der Waals surface area contributed by atoms with E-state index in [0.717, 1.165) is 22.3 Å². The monoisotopic (exact) mass is 487 g/mol. The van der Waals surface area contributed by atoms with Crippen LogP contribution in [-0.2, 0) is 38.8 Å². The van der Waals surface area contributed by atoms with E-state index in [4.69, 9.17) is 14.2 Å². The Bertz CT molecular complexity index is 1100. The summed E-state index contributed by atoms with van der Waals surface area (Å²) in [6, 6.07) is 29.6. The first kappa shape index (κ1) is 25.8. The molecule has 188 valence electrons. The van der Waals surface area contributed by atoms with E-state index < -0.39 is 24.4 Å². The minimum Gasteiger partial charge on any atom is -0.386 e. The summed E-state index contributed by atoms with van der Waals surface area (Å²) in [7, 11) is 0. The van der Waals surface area contributed by atoms with Gasteiger partial charge in [-0.25, -0.2) is 0 Å². The van der Waals surface area contributed by atoms with E-state index >= 15 is 0 Å². The van der Waals surface area contributed by atoms with Crippen molar-refractivity contribution in [3.63, 3.8) is 0 Å². The average Bonchev–Trinajstić information content (AvgIpc) is 2.91. The Morgan fingerprint density at radius 1 is 0.722 bits per heavy atom. The second-order valence-electron chi connectivity index (χ2n) is 8.88. The van der Waals surface area contributed by atoms with Gasteiger partial charge in [-0.1, -0.05) is 91.0 Å². The molecule has 0 aromatic heterocycles. The molecule has 0 radical (unpaired) electrons. The Hall–Kier alpha value is -3.29. The molecule has 0 heterocycles. The van der Waals surface area contributed by atoms with Crippen molar-refractivity contribution < 1.29 is 24.1 Å². The first-order valence-electron chi connectivity index (χ1n) is 12.2. The van der Waals surface area contributed by atoms with E-state index in [0.29, 0.717) is 19.8 Å². The molecule has 6 nitrogen and oxygen atoms in total. The molecule has 36 heavy (non-hydrogen) atoms. The van der Waals surface area contributed by atoms with Gasteiger partial charge in [0.1, 0.15) is 24.4 Å². The summed E-state index contributed by atoms with van der Waals surface area (Å²) in [5.41, 5.74) is 3.78. The number of rotatable bonds is 11. The van der Waals surface area contributed by atoms with Crippen molar-refractivity contribution in [3.05, 3.63) is 119 Å². The molecule has 0 aliphatic heterocycles. The third kappa shape index (κ3) is 7.35. The fraction of sp³-hybridized carbons (Fsp3) is 0.300. The molecule has 0 spiro atoms. The number of hydrogen-bond acceptors (Lipinski definition) is 5. The fourth-order valence-corrected chi connectivity index (χ4v) is 4.24. The van der Waals surface area contributed by atoms with Gasteiger partial charge >= 0.3 is 0 Å². The molecule has 1 aliphatic rings. The number of nitrogens with one attached hydrogen (secondary N) is 1. The zero-order valence-corrected chi connectivity index (χ0v) is 20.5. The highest BCUT2D eigenvalue weighted by Crippen LogP contribution is 2.30. The molecule has 0 fully saturated rings. The first-order chi connectivity index (χ1) is 17.6. The molecule has 0 bridgehead atoms. The highest BCUT2D eigenvalue weighted by molar-refractivity contribution is 5.73. The van der Waals surface area contributed by atoms with Crippen LogP contribution in [0.2, 0.25) is 0 Å². The standard InChI is InChI=1S/C30H33NO5/c1-22(32)31-18-26-17-27(33)29(35-20-24-13-7-3-8-14-24)30(36-21-25-15-9-4-10-16-25)28(26)34-19-23-11-5-2-6-12-23/h2-17,27-30,33H,18-21H2,1H3,(H,31,32)/t27-,28-,29+,30+/m1/s1. The van der Waals surface area contributed by atoms with Gasteiger partial charge in [-0.05, 0) is 28.3 Å². The lowest BCUT2D eigenvalue weighted by Crippen LogP contribution is -2.53. The van der Waals surface area contributed by atoms with Gasteiger partial charge in [0.15, 0.2) is 0 Å². The lowest BCUT2D eigenvalue weighted by molar-refractivity contribution is -0.171. The van der Waals surface area contributed by atoms with E-state index in [2.05, 4.69) is 5.32 Å². The number of carbonyl (C=O) groups excluding carboxylic acids is 1. The molecule has 4 atom stereocenters. The van der Waals surface area contributed by atoms with Crippen LogP contribution in [0.3, 0.4) is 0 Å². The molecule has 0 saturated heterocycles. The topological polar surface area (TPSA) is 77.0 Å². The molecule has 1 aliphatic carbocycles. The smallest absolute Gasteiger partial charge is 0.217 e. The van der Waals surface area contributed by atoms with Crippen LogP contribution >= 0.6 is 0 Å². The second kappa shape index (κ2) is 13.1. The summed E-state index contributed by atoms with van der Waals surface area (Å²) >= 11 is 0. The van der Waals surface area contributed by atoms with Gasteiger partial charge in [0, 0.05) is 13.5 Å². The van der Waals surface area contributed by atoms with E-state index in [1.165, 1.54) is 6.92 Å². The van der Waals surface area contributed by atoms with Crippen LogP contribution in [0, 0.1) is 0 Å². The first-order valence-corrected chi connectivity index (χ1v) is 12.2. The number of ether oxygens (including phenoxy) is 3. The third-order valence-corrected chi connectivity index (χ3v) is 6.09. The molecule has 1 amide bonds. The summed E-state index contributed by atoms with van der Waals surface area (Å²) in [6.07, 6.45) is -0.971. The van der Waals surface area contributed by atoms with Gasteiger partial charge < -0.3 is 24.6 Å². The molecule has 2 N–H and O–H groups in total. The minimum atomic E-state index is -0.921. The van der Waals surface area contributed by atoms with Crippen molar-refractivity contribution in [2.75, 3.05) is 6.54 Å². The normalized spacial score (nSPS) is 21.6. The number of amides is 1. The highest BCUT2D eigenvalue weighted by atomic mass is 16.6. The number of benzene rings is 3. The summed E-state index contributed by atoms with van der Waals surface area (Å²) in [6.45, 7) is 2.74. The minimum absolute atomic E-state index is 0.156. The van der Waals surface area contributed by atoms with Crippen molar-refractivity contribution >= 4 is 5.91 Å². The van der Waals surface area contributed by atoms with Crippen LogP contribution in [0.25, 0.3) is 0 Å². The van der Waals surface area contributed by atoms with E-state index in [9.17, 15) is 9.90 Å². The zero-order valence-electron chi connectivity index (χ0n) is 20.5. The molecular formula is C30H33NO5. The molecule has 3 aromatic rings. The predicted octanol–water partition coefficient (Wildman–Crippen LogP) is 4.18. The third-order valence-electron chi connectivity index (χ3n) is 6.09. The van der Waals surface area contributed by atoms with Crippen LogP contribution in [0.15, 0.2) is 103 Å². The molecule has 0 unspecified atom stereocenters. The predicted molar refractivity (Wildman–Crippen MR) is 138 cm³/mol. The maximum absolute atomic E-state index is 11.7. The van der Waals surface area contributed by atoms with Gasteiger partial charge in [0.05, 0.1) is 19.8 Å². The quantitative estimate of drug-likeness (QED) is 0.397. The molecular weight excluding hydrogens is 454 g/mol. The average molecular weight is 488 g/mol. The Morgan fingerprint density at radius 2 is 1.17 bits per heavy atom. The lowest BCUT2D eigenvalue weighted by atomic mass is 9.88. The Labute approximate surface area is 212 Å². The fourth-order valence-electron chi connectivity index (χ4n) is 4.24. The van der Waals surface area contributed by atoms with Crippen molar-refractivity contribution in [2.24, 2.45) is 0 Å². The van der Waals surface area contributed by atoms with Crippen LogP contribution in [0.1, 0.15) is 23.6 Å². The number of aliphatic hydroxyl groups excluding tert-OH is 1.